The highest BCUT2D eigenvalue weighted by Crippen LogP contribution is 2.17. The number of hydrogen-bond donors (Lipinski definition) is 0. The molecule has 0 aliphatic heterocycles. The van der Waals surface area contributed by atoms with Crippen LogP contribution < -0.4 is 10.6 Å². The van der Waals surface area contributed by atoms with E-state index in [-0.39, 0.29) is 5.78 Å². The molecule has 0 atom stereocenters. The Kier molecular flexibility index (Phi) is 2.36. The van der Waals surface area contributed by atoms with Gasteiger partial charge in [-0.15, -0.1) is 0 Å². The molecule has 2 heteroatoms. The number of fused-ring (bicyclic) bond motifs is 3. The fourth-order valence-corrected chi connectivity index (χ4v) is 2.49. The van der Waals surface area contributed by atoms with Crippen molar-refractivity contribution >= 4 is 29.6 Å². The summed E-state index contributed by atoms with van der Waals surface area (Å²) in [6, 6.07) is 0. The van der Waals surface area contributed by atoms with Crippen LogP contribution in [-0.4, -0.2) is 5.78 Å². The Balaban J connectivity index is 2.45. The Hall–Kier alpha value is -1.83. The molecule has 0 aromatic carbocycles. The second kappa shape index (κ2) is 3.88. The summed E-state index contributed by atoms with van der Waals surface area (Å²) in [5, 5.41) is 1.02. The SMILES string of the molecule is CC(=O)C1=c2c3c(oc2=CCC1)C=CCC=C3. The number of Topliss-reactive ketones (excluding diaryl/α,β-unsaturated/α-hetero) is 1. The van der Waals surface area contributed by atoms with E-state index < -0.39 is 0 Å². The van der Waals surface area contributed by atoms with Gasteiger partial charge in [-0.05, 0) is 38.3 Å². The van der Waals surface area contributed by atoms with Crippen LogP contribution in [0.2, 0.25) is 0 Å². The molecule has 0 saturated carbocycles. The number of carbonyl (C=O) groups is 1. The summed E-state index contributed by atoms with van der Waals surface area (Å²) in [4.78, 5) is 11.7. The van der Waals surface area contributed by atoms with Gasteiger partial charge in [-0.25, -0.2) is 0 Å². The van der Waals surface area contributed by atoms with Gasteiger partial charge in [-0.3, -0.25) is 4.79 Å². The molecule has 17 heavy (non-hydrogen) atoms. The van der Waals surface area contributed by atoms with E-state index in [1.54, 1.807) is 6.92 Å². The average molecular weight is 226 g/mol. The van der Waals surface area contributed by atoms with Crippen LogP contribution in [0.1, 0.15) is 37.5 Å². The quantitative estimate of drug-likeness (QED) is 0.733. The Bertz CT molecular complexity index is 654. The van der Waals surface area contributed by atoms with Gasteiger partial charge < -0.3 is 4.42 Å². The maximum atomic E-state index is 11.7. The number of allylic oxidation sites excluding steroid dienone is 2. The van der Waals surface area contributed by atoms with E-state index in [2.05, 4.69) is 24.3 Å². The lowest BCUT2D eigenvalue weighted by atomic mass is 9.97. The average Bonchev–Trinajstić information content (AvgIpc) is 2.52. The molecule has 3 rings (SSSR count). The Morgan fingerprint density at radius 1 is 1.29 bits per heavy atom. The highest BCUT2D eigenvalue weighted by atomic mass is 16.3. The summed E-state index contributed by atoms with van der Waals surface area (Å²) < 4.78 is 5.82. The lowest BCUT2D eigenvalue weighted by molar-refractivity contribution is -0.112. The molecule has 0 bridgehead atoms. The number of carbonyl (C=O) groups excluding carboxylic acids is 1. The van der Waals surface area contributed by atoms with Crippen LogP contribution in [0.5, 0.6) is 0 Å². The molecule has 2 nitrogen and oxygen atoms in total. The molecule has 1 aromatic heterocycles. The van der Waals surface area contributed by atoms with Crippen LogP contribution >= 0.6 is 0 Å². The van der Waals surface area contributed by atoms with Crippen LogP contribution in [0, 0.1) is 0 Å². The second-order valence-corrected chi connectivity index (χ2v) is 4.44. The van der Waals surface area contributed by atoms with E-state index in [0.29, 0.717) is 0 Å². The van der Waals surface area contributed by atoms with Gasteiger partial charge in [0.05, 0.1) is 0 Å². The van der Waals surface area contributed by atoms with Crippen molar-refractivity contribution in [2.45, 2.75) is 26.2 Å². The van der Waals surface area contributed by atoms with Crippen molar-refractivity contribution < 1.29 is 9.21 Å². The fourth-order valence-electron chi connectivity index (χ4n) is 2.49. The molecule has 0 saturated heterocycles. The zero-order valence-corrected chi connectivity index (χ0v) is 9.82. The summed E-state index contributed by atoms with van der Waals surface area (Å²) in [7, 11) is 0. The molecule has 0 N–H and O–H groups in total. The first-order valence-electron chi connectivity index (χ1n) is 5.97. The highest BCUT2D eigenvalue weighted by molar-refractivity contribution is 6.14. The Morgan fingerprint density at radius 3 is 2.94 bits per heavy atom. The largest absolute Gasteiger partial charge is 0.456 e. The second-order valence-electron chi connectivity index (χ2n) is 4.44. The van der Waals surface area contributed by atoms with Crippen molar-refractivity contribution in [1.82, 2.24) is 0 Å². The van der Waals surface area contributed by atoms with Crippen molar-refractivity contribution in [3.63, 3.8) is 0 Å². The molecule has 0 amide bonds. The predicted molar refractivity (Wildman–Crippen MR) is 68.4 cm³/mol. The van der Waals surface area contributed by atoms with Crippen molar-refractivity contribution in [3.8, 4) is 0 Å². The fraction of sp³-hybridized carbons (Fsp3) is 0.267. The van der Waals surface area contributed by atoms with Gasteiger partial charge in [-0.2, -0.15) is 0 Å². The van der Waals surface area contributed by atoms with Gasteiger partial charge >= 0.3 is 0 Å². The monoisotopic (exact) mass is 226 g/mol. The highest BCUT2D eigenvalue weighted by Gasteiger charge is 2.17. The van der Waals surface area contributed by atoms with Gasteiger partial charge in [-0.1, -0.05) is 18.2 Å². The summed E-state index contributed by atoms with van der Waals surface area (Å²) in [5.74, 6) is 1.03. The topological polar surface area (TPSA) is 30.2 Å². The number of furan rings is 1. The summed E-state index contributed by atoms with van der Waals surface area (Å²) >= 11 is 0. The molecule has 2 aliphatic rings. The van der Waals surface area contributed by atoms with Crippen molar-refractivity contribution in [3.05, 3.63) is 34.1 Å². The van der Waals surface area contributed by atoms with Gasteiger partial charge in [0.15, 0.2) is 5.78 Å². The molecular weight excluding hydrogens is 212 g/mol. The lowest BCUT2D eigenvalue weighted by Gasteiger charge is -2.04. The third kappa shape index (κ3) is 1.60. The maximum Gasteiger partial charge on any atom is 0.156 e. The van der Waals surface area contributed by atoms with E-state index >= 15 is 0 Å². The van der Waals surface area contributed by atoms with Crippen LogP contribution in [0.4, 0.5) is 0 Å². The van der Waals surface area contributed by atoms with Crippen molar-refractivity contribution in [2.75, 3.05) is 0 Å². The molecule has 1 aromatic rings. The van der Waals surface area contributed by atoms with E-state index in [4.69, 9.17) is 4.42 Å². The predicted octanol–water partition coefficient (Wildman–Crippen LogP) is 2.02. The third-order valence-electron chi connectivity index (χ3n) is 3.28. The van der Waals surface area contributed by atoms with Crippen molar-refractivity contribution in [2.24, 2.45) is 0 Å². The maximum absolute atomic E-state index is 11.7. The minimum Gasteiger partial charge on any atom is -0.456 e. The van der Waals surface area contributed by atoms with E-state index in [1.807, 2.05) is 6.08 Å². The van der Waals surface area contributed by atoms with E-state index in [1.165, 1.54) is 0 Å². The first-order valence-corrected chi connectivity index (χ1v) is 5.97. The van der Waals surface area contributed by atoms with Gasteiger partial charge in [0.2, 0.25) is 0 Å². The molecular formula is C15H14O2. The lowest BCUT2D eigenvalue weighted by Crippen LogP contribution is -2.29. The van der Waals surface area contributed by atoms with Gasteiger partial charge in [0.25, 0.3) is 0 Å². The molecule has 0 unspecified atom stereocenters. The van der Waals surface area contributed by atoms with E-state index in [0.717, 1.165) is 46.8 Å². The van der Waals surface area contributed by atoms with Crippen LogP contribution in [0.3, 0.4) is 0 Å². The minimum atomic E-state index is 0.157. The zero-order valence-electron chi connectivity index (χ0n) is 9.82. The third-order valence-corrected chi connectivity index (χ3v) is 3.28. The Morgan fingerprint density at radius 2 is 2.12 bits per heavy atom. The summed E-state index contributed by atoms with van der Waals surface area (Å²) in [6.07, 6.45) is 13.0. The molecule has 1 heterocycles. The summed E-state index contributed by atoms with van der Waals surface area (Å²) in [5.41, 5.74) is 2.84. The molecule has 0 spiro atoms. The van der Waals surface area contributed by atoms with Crippen LogP contribution in [-0.2, 0) is 4.79 Å². The van der Waals surface area contributed by atoms with Gasteiger partial charge in [0.1, 0.15) is 11.2 Å². The smallest absolute Gasteiger partial charge is 0.156 e. The van der Waals surface area contributed by atoms with Crippen LogP contribution in [0.25, 0.3) is 23.8 Å². The number of hydrogen-bond acceptors (Lipinski definition) is 2. The van der Waals surface area contributed by atoms with Crippen LogP contribution in [0.15, 0.2) is 16.6 Å². The Labute approximate surface area is 99.6 Å². The standard InChI is InChI=1S/C15H14O2/c1-10(16)11-7-5-9-14-15(11)12-6-3-2-4-8-13(12)17-14/h3-4,6,8-9H,2,5,7H2,1H3. The first kappa shape index (κ1) is 10.3. The molecule has 0 fully saturated rings. The summed E-state index contributed by atoms with van der Waals surface area (Å²) in [6.45, 7) is 1.64. The number of ketones is 1. The zero-order chi connectivity index (χ0) is 11.8. The normalized spacial score (nSPS) is 17.1. The van der Waals surface area contributed by atoms with Gasteiger partial charge in [0, 0.05) is 16.4 Å². The van der Waals surface area contributed by atoms with E-state index in [9.17, 15) is 4.79 Å². The first-order chi connectivity index (χ1) is 8.27. The number of rotatable bonds is 1. The molecule has 86 valence electrons. The minimum absolute atomic E-state index is 0.157. The van der Waals surface area contributed by atoms with Crippen molar-refractivity contribution in [1.29, 1.82) is 0 Å². The molecule has 2 aliphatic carbocycles. The molecule has 0 radical (unpaired) electrons.